The van der Waals surface area contributed by atoms with E-state index in [1.807, 2.05) is 19.1 Å². The van der Waals surface area contributed by atoms with E-state index in [4.69, 9.17) is 33.2 Å². The Morgan fingerprint density at radius 2 is 1.81 bits per heavy atom. The Morgan fingerprint density at radius 1 is 1.11 bits per heavy atom. The summed E-state index contributed by atoms with van der Waals surface area (Å²) in [5.74, 6) is 1.03. The van der Waals surface area contributed by atoms with Gasteiger partial charge in [-0.05, 0) is 38.5 Å². The number of aliphatic hydroxyl groups is 1. The molecular weight excluding hydrogens is 480 g/mol. The molecule has 1 aromatic carbocycles. The zero-order chi connectivity index (χ0) is 27.1. The summed E-state index contributed by atoms with van der Waals surface area (Å²) in [5.41, 5.74) is 0.769. The van der Waals surface area contributed by atoms with Gasteiger partial charge in [0.1, 0.15) is 5.60 Å². The van der Waals surface area contributed by atoms with Gasteiger partial charge in [-0.3, -0.25) is 0 Å². The van der Waals surface area contributed by atoms with Crippen LogP contribution in [0.5, 0.6) is 17.2 Å². The summed E-state index contributed by atoms with van der Waals surface area (Å²) >= 11 is 0. The van der Waals surface area contributed by atoms with E-state index in [1.165, 1.54) is 21.3 Å². The number of rotatable bonds is 6. The maximum absolute atomic E-state index is 13.0. The molecule has 0 amide bonds. The molecule has 200 valence electrons. The Kier molecular flexibility index (Phi) is 7.19. The van der Waals surface area contributed by atoms with E-state index in [1.54, 1.807) is 40.0 Å². The molecule has 9 heteroatoms. The minimum absolute atomic E-state index is 0.0556. The van der Waals surface area contributed by atoms with Crippen molar-refractivity contribution in [1.82, 2.24) is 0 Å². The number of benzene rings is 1. The predicted molar refractivity (Wildman–Crippen MR) is 134 cm³/mol. The summed E-state index contributed by atoms with van der Waals surface area (Å²) in [7, 11) is 6.10. The van der Waals surface area contributed by atoms with Gasteiger partial charge in [-0.2, -0.15) is 0 Å². The number of fused-ring (bicyclic) bond motifs is 4. The highest BCUT2D eigenvalue weighted by atomic mass is 16.7. The molecule has 0 aromatic heterocycles. The summed E-state index contributed by atoms with van der Waals surface area (Å²) in [6.07, 6.45) is 4.37. The second-order valence-corrected chi connectivity index (χ2v) is 9.33. The highest BCUT2D eigenvalue weighted by Gasteiger charge is 2.49. The summed E-state index contributed by atoms with van der Waals surface area (Å²) in [4.78, 5) is 13.0. The molecule has 1 heterocycles. The van der Waals surface area contributed by atoms with Gasteiger partial charge in [0.2, 0.25) is 18.3 Å². The molecule has 1 aliphatic heterocycles. The molecule has 4 atom stereocenters. The van der Waals surface area contributed by atoms with Crippen LogP contribution in [0.3, 0.4) is 0 Å². The fourth-order valence-corrected chi connectivity index (χ4v) is 4.98. The van der Waals surface area contributed by atoms with Crippen molar-refractivity contribution in [3.05, 3.63) is 63.8 Å². The first kappa shape index (κ1) is 26.5. The van der Waals surface area contributed by atoms with E-state index in [9.17, 15) is 9.90 Å². The lowest BCUT2D eigenvalue weighted by Crippen LogP contribution is -2.43. The van der Waals surface area contributed by atoms with Crippen LogP contribution in [0.25, 0.3) is 0 Å². The zero-order valence-corrected chi connectivity index (χ0v) is 22.5. The van der Waals surface area contributed by atoms with Crippen molar-refractivity contribution in [1.29, 1.82) is 0 Å². The van der Waals surface area contributed by atoms with Gasteiger partial charge < -0.3 is 38.3 Å². The van der Waals surface area contributed by atoms with Crippen LogP contribution in [0.1, 0.15) is 50.8 Å². The Labute approximate surface area is 216 Å². The Balaban J connectivity index is 2.12. The van der Waals surface area contributed by atoms with E-state index < -0.39 is 29.5 Å². The molecule has 3 unspecified atom stereocenters. The standard InChI is InChI=1S/C28H34O9/c1-9-14(2)27(29)37-26-17-12-18(31-5)22(32-6)25(34-8)21(17)20-16(10-15(3)28(26,4)30)11-19-23(24(20)33-7)36-13-35-19/h9-12,15,20,26,30H,13H2,1-8H3/t15?,20?,26?,28-/m0/s1. The van der Waals surface area contributed by atoms with Crippen LogP contribution in [0.15, 0.2) is 52.7 Å². The monoisotopic (exact) mass is 514 g/mol. The van der Waals surface area contributed by atoms with Gasteiger partial charge in [-0.15, -0.1) is 0 Å². The molecule has 1 fully saturated rings. The van der Waals surface area contributed by atoms with Crippen LogP contribution in [0, 0.1) is 5.92 Å². The third-order valence-corrected chi connectivity index (χ3v) is 7.33. The third-order valence-electron chi connectivity index (χ3n) is 7.33. The number of hydrogen-bond donors (Lipinski definition) is 1. The molecule has 0 radical (unpaired) electrons. The van der Waals surface area contributed by atoms with Gasteiger partial charge >= 0.3 is 5.97 Å². The SMILES string of the molecule is CC=C(C)C(=O)OC1c2cc(OC)c(OC)c(OC)c2C2C(=CC(C)[C@]1(C)O)C=C1OCOC1=C2OC. The summed E-state index contributed by atoms with van der Waals surface area (Å²) in [5, 5.41) is 11.9. The van der Waals surface area contributed by atoms with Crippen molar-refractivity contribution in [3.8, 4) is 17.2 Å². The number of carbonyl (C=O) groups excluding carboxylic acids is 1. The van der Waals surface area contributed by atoms with Crippen LogP contribution in [0.4, 0.5) is 0 Å². The van der Waals surface area contributed by atoms with E-state index in [2.05, 4.69) is 0 Å². The number of methoxy groups -OCH3 is 4. The van der Waals surface area contributed by atoms with Crippen LogP contribution >= 0.6 is 0 Å². The number of hydrogen-bond acceptors (Lipinski definition) is 9. The van der Waals surface area contributed by atoms with E-state index in [-0.39, 0.29) is 6.79 Å². The quantitative estimate of drug-likeness (QED) is 0.436. The highest BCUT2D eigenvalue weighted by molar-refractivity contribution is 5.88. The number of allylic oxidation sites excluding steroid dienone is 3. The second kappa shape index (κ2) is 10.0. The topological polar surface area (TPSA) is 102 Å². The molecule has 1 N–H and O–H groups in total. The molecule has 2 aliphatic carbocycles. The molecular formula is C28H34O9. The number of esters is 1. The largest absolute Gasteiger partial charge is 0.496 e. The van der Waals surface area contributed by atoms with E-state index >= 15 is 0 Å². The summed E-state index contributed by atoms with van der Waals surface area (Å²) < 4.78 is 40.6. The average Bonchev–Trinajstić information content (AvgIpc) is 3.36. The van der Waals surface area contributed by atoms with Crippen LogP contribution in [-0.2, 0) is 23.7 Å². The van der Waals surface area contributed by atoms with Gasteiger partial charge in [0, 0.05) is 22.6 Å². The van der Waals surface area contributed by atoms with Crippen LogP contribution in [0.2, 0.25) is 0 Å². The molecule has 0 bridgehead atoms. The van der Waals surface area contributed by atoms with Gasteiger partial charge in [0.25, 0.3) is 0 Å². The van der Waals surface area contributed by atoms with Crippen LogP contribution < -0.4 is 14.2 Å². The first-order valence-corrected chi connectivity index (χ1v) is 12.0. The highest BCUT2D eigenvalue weighted by Crippen LogP contribution is 2.56. The minimum Gasteiger partial charge on any atom is -0.496 e. The Hall–Kier alpha value is -3.59. The van der Waals surface area contributed by atoms with Crippen molar-refractivity contribution in [2.24, 2.45) is 5.92 Å². The van der Waals surface area contributed by atoms with Gasteiger partial charge in [0.05, 0.1) is 34.4 Å². The maximum atomic E-state index is 13.0. The molecule has 37 heavy (non-hydrogen) atoms. The number of carbonyl (C=O) groups is 1. The van der Waals surface area contributed by atoms with Crippen molar-refractivity contribution >= 4 is 5.97 Å². The van der Waals surface area contributed by atoms with Crippen molar-refractivity contribution in [2.45, 2.75) is 45.3 Å². The molecule has 4 rings (SSSR count). The van der Waals surface area contributed by atoms with Gasteiger partial charge in [-0.25, -0.2) is 4.79 Å². The fraction of sp³-hybridized carbons (Fsp3) is 0.464. The van der Waals surface area contributed by atoms with E-state index in [0.717, 1.165) is 5.57 Å². The predicted octanol–water partition coefficient (Wildman–Crippen LogP) is 4.43. The Morgan fingerprint density at radius 3 is 2.41 bits per heavy atom. The Bertz CT molecular complexity index is 1220. The lowest BCUT2D eigenvalue weighted by atomic mass is 9.71. The van der Waals surface area contributed by atoms with Crippen molar-refractivity contribution < 1.29 is 43.1 Å². The first-order chi connectivity index (χ1) is 17.6. The molecule has 1 aromatic rings. The smallest absolute Gasteiger partial charge is 0.334 e. The zero-order valence-electron chi connectivity index (χ0n) is 22.5. The van der Waals surface area contributed by atoms with Crippen molar-refractivity contribution in [2.75, 3.05) is 35.2 Å². The van der Waals surface area contributed by atoms with Crippen LogP contribution in [-0.4, -0.2) is 51.9 Å². The normalized spacial score (nSPS) is 26.6. The lowest BCUT2D eigenvalue weighted by molar-refractivity contribution is -0.164. The maximum Gasteiger partial charge on any atom is 0.334 e. The first-order valence-electron chi connectivity index (χ1n) is 12.0. The molecule has 9 nitrogen and oxygen atoms in total. The van der Waals surface area contributed by atoms with Gasteiger partial charge in [-0.1, -0.05) is 19.1 Å². The van der Waals surface area contributed by atoms with E-state index in [0.29, 0.717) is 51.2 Å². The molecule has 1 saturated heterocycles. The molecule has 0 spiro atoms. The van der Waals surface area contributed by atoms with Crippen molar-refractivity contribution in [3.63, 3.8) is 0 Å². The molecule has 0 saturated carbocycles. The summed E-state index contributed by atoms with van der Waals surface area (Å²) in [6.45, 7) is 6.99. The summed E-state index contributed by atoms with van der Waals surface area (Å²) in [6, 6.07) is 1.72. The number of ether oxygens (including phenoxy) is 7. The third kappa shape index (κ3) is 4.21. The second-order valence-electron chi connectivity index (χ2n) is 9.33. The fourth-order valence-electron chi connectivity index (χ4n) is 4.98. The van der Waals surface area contributed by atoms with Gasteiger partial charge in [0.15, 0.2) is 29.1 Å². The lowest BCUT2D eigenvalue weighted by Gasteiger charge is -2.41. The molecule has 3 aliphatic rings. The average molecular weight is 515 g/mol. The minimum atomic E-state index is -1.52.